The molecule has 0 atom stereocenters. The molecule has 5 nitrogen and oxygen atoms in total. The molecule has 0 bridgehead atoms. The SMILES string of the molecule is Cn1c(-c2nc(C(=O)Nc3ccccc3C#N)cs2)cc2ccccc21. The van der Waals surface area contributed by atoms with Gasteiger partial charge in [-0.25, -0.2) is 4.98 Å². The predicted molar refractivity (Wildman–Crippen MR) is 103 cm³/mol. The fraction of sp³-hybridized carbons (Fsp3) is 0.0500. The van der Waals surface area contributed by atoms with E-state index < -0.39 is 0 Å². The minimum Gasteiger partial charge on any atom is -0.342 e. The molecule has 126 valence electrons. The second-order valence-electron chi connectivity index (χ2n) is 5.80. The number of benzene rings is 2. The van der Waals surface area contributed by atoms with E-state index in [1.165, 1.54) is 11.3 Å². The molecule has 0 unspecified atom stereocenters. The molecule has 26 heavy (non-hydrogen) atoms. The van der Waals surface area contributed by atoms with E-state index in [9.17, 15) is 4.79 Å². The first kappa shape index (κ1) is 16.1. The molecule has 4 aromatic rings. The maximum Gasteiger partial charge on any atom is 0.275 e. The van der Waals surface area contributed by atoms with Gasteiger partial charge in [0.05, 0.1) is 16.9 Å². The maximum atomic E-state index is 12.5. The van der Waals surface area contributed by atoms with Crippen LogP contribution in [0.2, 0.25) is 0 Å². The molecule has 2 heterocycles. The Labute approximate surface area is 154 Å². The fourth-order valence-corrected chi connectivity index (χ4v) is 3.72. The molecule has 0 spiro atoms. The summed E-state index contributed by atoms with van der Waals surface area (Å²) in [6, 6.07) is 19.1. The number of aryl methyl sites for hydroxylation is 1. The monoisotopic (exact) mass is 358 g/mol. The zero-order valence-electron chi connectivity index (χ0n) is 13.9. The Morgan fingerprint density at radius 2 is 1.96 bits per heavy atom. The molecule has 1 amide bonds. The average Bonchev–Trinajstić information content (AvgIpc) is 3.28. The van der Waals surface area contributed by atoms with Gasteiger partial charge in [-0.1, -0.05) is 30.3 Å². The van der Waals surface area contributed by atoms with Crippen LogP contribution in [0.25, 0.3) is 21.6 Å². The van der Waals surface area contributed by atoms with Crippen molar-refractivity contribution in [3.8, 4) is 16.8 Å². The molecule has 0 saturated carbocycles. The van der Waals surface area contributed by atoms with Crippen molar-refractivity contribution in [2.24, 2.45) is 7.05 Å². The number of nitrogens with one attached hydrogen (secondary N) is 1. The lowest BCUT2D eigenvalue weighted by Crippen LogP contribution is -2.13. The Morgan fingerprint density at radius 3 is 2.77 bits per heavy atom. The summed E-state index contributed by atoms with van der Waals surface area (Å²) in [6.07, 6.45) is 0. The van der Waals surface area contributed by atoms with Gasteiger partial charge in [0.1, 0.15) is 16.8 Å². The zero-order chi connectivity index (χ0) is 18.1. The number of amides is 1. The zero-order valence-corrected chi connectivity index (χ0v) is 14.7. The number of hydrogen-bond acceptors (Lipinski definition) is 4. The number of para-hydroxylation sites is 2. The number of rotatable bonds is 3. The highest BCUT2D eigenvalue weighted by atomic mass is 32.1. The van der Waals surface area contributed by atoms with Crippen molar-refractivity contribution in [3.63, 3.8) is 0 Å². The first-order valence-electron chi connectivity index (χ1n) is 7.98. The van der Waals surface area contributed by atoms with Gasteiger partial charge in [0.2, 0.25) is 0 Å². The summed E-state index contributed by atoms with van der Waals surface area (Å²) >= 11 is 1.42. The van der Waals surface area contributed by atoms with Crippen molar-refractivity contribution in [1.82, 2.24) is 9.55 Å². The summed E-state index contributed by atoms with van der Waals surface area (Å²) in [5.74, 6) is -0.325. The van der Waals surface area contributed by atoms with E-state index in [0.717, 1.165) is 21.6 Å². The molecule has 1 N–H and O–H groups in total. The minimum absolute atomic E-state index is 0.325. The van der Waals surface area contributed by atoms with Crippen LogP contribution in [0.15, 0.2) is 60.0 Å². The molecule has 2 aromatic carbocycles. The molecule has 0 aliphatic rings. The number of fused-ring (bicyclic) bond motifs is 1. The van der Waals surface area contributed by atoms with Gasteiger partial charge < -0.3 is 9.88 Å². The van der Waals surface area contributed by atoms with Gasteiger partial charge in [-0.15, -0.1) is 11.3 Å². The lowest BCUT2D eigenvalue weighted by Gasteiger charge is -2.04. The number of carbonyl (C=O) groups excluding carboxylic acids is 1. The summed E-state index contributed by atoms with van der Waals surface area (Å²) in [4.78, 5) is 17.0. The van der Waals surface area contributed by atoms with Gasteiger partial charge in [0.15, 0.2) is 0 Å². The standard InChI is InChI=1S/C20H14N4OS/c1-24-17-9-5-3-6-13(17)10-18(24)20-23-16(12-26-20)19(25)22-15-8-4-2-7-14(15)11-21/h2-10,12H,1H3,(H,22,25). The maximum absolute atomic E-state index is 12.5. The van der Waals surface area contributed by atoms with Crippen molar-refractivity contribution in [1.29, 1.82) is 5.26 Å². The van der Waals surface area contributed by atoms with E-state index in [0.29, 0.717) is 16.9 Å². The largest absolute Gasteiger partial charge is 0.342 e. The van der Waals surface area contributed by atoms with Crippen molar-refractivity contribution < 1.29 is 4.79 Å². The number of anilines is 1. The molecule has 0 saturated heterocycles. The first-order chi connectivity index (χ1) is 12.7. The van der Waals surface area contributed by atoms with Crippen molar-refractivity contribution >= 4 is 33.8 Å². The summed E-state index contributed by atoms with van der Waals surface area (Å²) < 4.78 is 2.07. The van der Waals surface area contributed by atoms with Crippen LogP contribution in [-0.4, -0.2) is 15.5 Å². The van der Waals surface area contributed by atoms with Crippen molar-refractivity contribution in [3.05, 3.63) is 71.2 Å². The smallest absolute Gasteiger partial charge is 0.275 e. The van der Waals surface area contributed by atoms with Crippen molar-refractivity contribution in [2.75, 3.05) is 5.32 Å². The number of nitriles is 1. The van der Waals surface area contributed by atoms with E-state index in [4.69, 9.17) is 5.26 Å². The topological polar surface area (TPSA) is 70.7 Å². The number of nitrogens with zero attached hydrogens (tertiary/aromatic N) is 3. The molecule has 2 aromatic heterocycles. The molecular weight excluding hydrogens is 344 g/mol. The van der Waals surface area contributed by atoms with Crippen LogP contribution in [0, 0.1) is 11.3 Å². The molecule has 0 aliphatic heterocycles. The number of aromatic nitrogens is 2. The molecule has 4 rings (SSSR count). The summed E-state index contributed by atoms with van der Waals surface area (Å²) in [6.45, 7) is 0. The van der Waals surface area contributed by atoms with Crippen LogP contribution in [0.5, 0.6) is 0 Å². The summed E-state index contributed by atoms with van der Waals surface area (Å²) in [5.41, 5.74) is 3.33. The van der Waals surface area contributed by atoms with E-state index in [2.05, 4.69) is 39.1 Å². The fourth-order valence-electron chi connectivity index (χ4n) is 2.87. The van der Waals surface area contributed by atoms with Gasteiger partial charge in [0.25, 0.3) is 5.91 Å². The number of thiazole rings is 1. The van der Waals surface area contributed by atoms with Crippen LogP contribution >= 0.6 is 11.3 Å². The highest BCUT2D eigenvalue weighted by Gasteiger charge is 2.16. The van der Waals surface area contributed by atoms with Gasteiger partial charge in [0, 0.05) is 23.3 Å². The Kier molecular flexibility index (Phi) is 3.99. The first-order valence-corrected chi connectivity index (χ1v) is 8.86. The second-order valence-corrected chi connectivity index (χ2v) is 6.65. The van der Waals surface area contributed by atoms with Crippen LogP contribution in [0.1, 0.15) is 16.1 Å². The minimum atomic E-state index is -0.325. The van der Waals surface area contributed by atoms with Gasteiger partial charge in [-0.3, -0.25) is 4.79 Å². The van der Waals surface area contributed by atoms with E-state index in [1.54, 1.807) is 29.6 Å². The molecule has 6 heteroatoms. The van der Waals surface area contributed by atoms with Crippen LogP contribution < -0.4 is 5.32 Å². The third-order valence-electron chi connectivity index (χ3n) is 4.20. The third-order valence-corrected chi connectivity index (χ3v) is 5.07. The highest BCUT2D eigenvalue weighted by molar-refractivity contribution is 7.13. The van der Waals surface area contributed by atoms with Crippen LogP contribution in [0.3, 0.4) is 0 Å². The third kappa shape index (κ3) is 2.75. The highest BCUT2D eigenvalue weighted by Crippen LogP contribution is 2.29. The Bertz CT molecular complexity index is 1170. The Hall–Kier alpha value is -3.43. The predicted octanol–water partition coefficient (Wildman–Crippen LogP) is 4.43. The summed E-state index contributed by atoms with van der Waals surface area (Å²) in [5, 5.41) is 15.5. The van der Waals surface area contributed by atoms with Crippen molar-refractivity contribution in [2.45, 2.75) is 0 Å². The number of hydrogen-bond donors (Lipinski definition) is 1. The molecule has 0 fully saturated rings. The molecule has 0 radical (unpaired) electrons. The molecule has 0 aliphatic carbocycles. The van der Waals surface area contributed by atoms with E-state index in [1.807, 2.05) is 19.2 Å². The lowest BCUT2D eigenvalue weighted by atomic mass is 10.2. The quantitative estimate of drug-likeness (QED) is 0.589. The number of carbonyl (C=O) groups is 1. The van der Waals surface area contributed by atoms with E-state index >= 15 is 0 Å². The van der Waals surface area contributed by atoms with Crippen LogP contribution in [0.4, 0.5) is 5.69 Å². The second kappa shape index (κ2) is 6.47. The van der Waals surface area contributed by atoms with E-state index in [-0.39, 0.29) is 5.91 Å². The Morgan fingerprint density at radius 1 is 1.19 bits per heavy atom. The van der Waals surface area contributed by atoms with Gasteiger partial charge in [-0.2, -0.15) is 5.26 Å². The normalized spacial score (nSPS) is 10.6. The van der Waals surface area contributed by atoms with Gasteiger partial charge in [-0.05, 0) is 24.3 Å². The summed E-state index contributed by atoms with van der Waals surface area (Å²) in [7, 11) is 1.99. The molecular formula is C20H14N4OS. The van der Waals surface area contributed by atoms with Crippen LogP contribution in [-0.2, 0) is 7.05 Å². The Balaban J connectivity index is 1.64. The lowest BCUT2D eigenvalue weighted by molar-refractivity contribution is 0.102. The average molecular weight is 358 g/mol. The van der Waals surface area contributed by atoms with Gasteiger partial charge >= 0.3 is 0 Å².